The lowest BCUT2D eigenvalue weighted by atomic mass is 9.98. The number of thiophene rings is 1. The molecule has 1 fully saturated rings. The first kappa shape index (κ1) is 23.9. The fourth-order valence-electron chi connectivity index (χ4n) is 4.56. The van der Waals surface area contributed by atoms with Crippen LogP contribution in [0.4, 0.5) is 5.69 Å². The van der Waals surface area contributed by atoms with Gasteiger partial charge in [0.2, 0.25) is 11.8 Å². The number of benzene rings is 2. The predicted octanol–water partition coefficient (Wildman–Crippen LogP) is 5.63. The molecule has 1 saturated carbocycles. The minimum absolute atomic E-state index is 0.109. The lowest BCUT2D eigenvalue weighted by Crippen LogP contribution is -2.47. The van der Waals surface area contributed by atoms with Crippen molar-refractivity contribution in [2.75, 3.05) is 4.90 Å². The lowest BCUT2D eigenvalue weighted by Gasteiger charge is -2.33. The number of carbonyl (C=O) groups is 3. The minimum Gasteiger partial charge on any atom is -0.351 e. The Morgan fingerprint density at radius 3 is 2.35 bits per heavy atom. The van der Waals surface area contributed by atoms with Gasteiger partial charge >= 0.3 is 0 Å². The Kier molecular flexibility index (Phi) is 7.58. The molecule has 0 aliphatic heterocycles. The fraction of sp³-hybridized carbons (Fsp3) is 0.321. The van der Waals surface area contributed by atoms with E-state index in [0.717, 1.165) is 41.7 Å². The van der Waals surface area contributed by atoms with Crippen LogP contribution in [-0.2, 0) is 16.0 Å². The smallest absolute Gasteiger partial charge is 0.248 e. The van der Waals surface area contributed by atoms with Gasteiger partial charge in [0, 0.05) is 16.5 Å². The van der Waals surface area contributed by atoms with Gasteiger partial charge in [-0.3, -0.25) is 19.3 Å². The Bertz CT molecular complexity index is 1150. The molecule has 6 heteroatoms. The summed E-state index contributed by atoms with van der Waals surface area (Å²) >= 11 is 1.50. The molecule has 1 aliphatic rings. The topological polar surface area (TPSA) is 66.5 Å². The van der Waals surface area contributed by atoms with E-state index in [-0.39, 0.29) is 30.1 Å². The van der Waals surface area contributed by atoms with E-state index in [2.05, 4.69) is 5.32 Å². The van der Waals surface area contributed by atoms with Gasteiger partial charge in [-0.2, -0.15) is 0 Å². The summed E-state index contributed by atoms with van der Waals surface area (Å²) in [7, 11) is 0. The number of carbonyl (C=O) groups excluding carboxylic acids is 3. The molecule has 5 nitrogen and oxygen atoms in total. The number of ketones is 1. The maximum Gasteiger partial charge on any atom is 0.248 e. The molecule has 4 rings (SSSR count). The quantitative estimate of drug-likeness (QED) is 0.430. The molecule has 1 aliphatic carbocycles. The summed E-state index contributed by atoms with van der Waals surface area (Å²) in [5.41, 5.74) is 2.68. The predicted molar refractivity (Wildman–Crippen MR) is 136 cm³/mol. The molecule has 1 unspecified atom stereocenters. The average Bonchev–Trinajstić information content (AvgIpc) is 3.52. The van der Waals surface area contributed by atoms with Crippen molar-refractivity contribution >= 4 is 34.6 Å². The highest BCUT2D eigenvalue weighted by molar-refractivity contribution is 7.10. The van der Waals surface area contributed by atoms with Crippen molar-refractivity contribution in [2.24, 2.45) is 0 Å². The number of aryl methyl sites for hydroxylation is 1. The molecule has 0 radical (unpaired) electrons. The Morgan fingerprint density at radius 1 is 1.00 bits per heavy atom. The molecule has 1 aromatic heterocycles. The maximum atomic E-state index is 13.9. The highest BCUT2D eigenvalue weighted by Gasteiger charge is 2.35. The van der Waals surface area contributed by atoms with Crippen molar-refractivity contribution in [3.8, 4) is 0 Å². The van der Waals surface area contributed by atoms with Gasteiger partial charge in [0.1, 0.15) is 6.04 Å². The monoisotopic (exact) mass is 474 g/mol. The first-order valence-electron chi connectivity index (χ1n) is 11.8. The summed E-state index contributed by atoms with van der Waals surface area (Å²) in [4.78, 5) is 42.6. The summed E-state index contributed by atoms with van der Waals surface area (Å²) in [5.74, 6) is -0.583. The molecule has 0 spiro atoms. The van der Waals surface area contributed by atoms with Gasteiger partial charge in [-0.05, 0) is 55.8 Å². The second-order valence-corrected chi connectivity index (χ2v) is 9.93. The molecule has 1 heterocycles. The van der Waals surface area contributed by atoms with Crippen LogP contribution < -0.4 is 10.2 Å². The Morgan fingerprint density at radius 2 is 1.71 bits per heavy atom. The number of para-hydroxylation sites is 1. The Labute approximate surface area is 204 Å². The van der Waals surface area contributed by atoms with Crippen molar-refractivity contribution in [2.45, 2.75) is 58.0 Å². The summed E-state index contributed by atoms with van der Waals surface area (Å²) in [5, 5.41) is 5.12. The number of amides is 2. The van der Waals surface area contributed by atoms with E-state index in [0.29, 0.717) is 11.3 Å². The van der Waals surface area contributed by atoms with E-state index in [1.807, 2.05) is 48.7 Å². The van der Waals surface area contributed by atoms with Crippen LogP contribution in [0.2, 0.25) is 0 Å². The third-order valence-electron chi connectivity index (χ3n) is 6.32. The molecule has 0 saturated heterocycles. The molecule has 2 amide bonds. The van der Waals surface area contributed by atoms with Crippen LogP contribution in [0.25, 0.3) is 0 Å². The number of rotatable bonds is 8. The van der Waals surface area contributed by atoms with Crippen molar-refractivity contribution in [1.82, 2.24) is 5.32 Å². The highest BCUT2D eigenvalue weighted by atomic mass is 32.1. The lowest BCUT2D eigenvalue weighted by molar-refractivity contribution is -0.127. The van der Waals surface area contributed by atoms with E-state index >= 15 is 0 Å². The molecule has 0 bridgehead atoms. The van der Waals surface area contributed by atoms with Crippen LogP contribution in [-0.4, -0.2) is 23.6 Å². The van der Waals surface area contributed by atoms with Gasteiger partial charge in [-0.25, -0.2) is 0 Å². The summed E-state index contributed by atoms with van der Waals surface area (Å²) in [6.07, 6.45) is 4.23. The fourth-order valence-corrected chi connectivity index (χ4v) is 5.26. The third-order valence-corrected chi connectivity index (χ3v) is 7.19. The largest absolute Gasteiger partial charge is 0.351 e. The van der Waals surface area contributed by atoms with Crippen molar-refractivity contribution in [3.05, 3.63) is 87.6 Å². The SMILES string of the molecule is CC(=O)c1ccccc1N(C(=O)Cc1cccs1)C(C(=O)NC1CCCC1)c1ccc(C)cc1. The molecular weight excluding hydrogens is 444 g/mol. The van der Waals surface area contributed by atoms with E-state index in [4.69, 9.17) is 0 Å². The van der Waals surface area contributed by atoms with Crippen LogP contribution in [0.3, 0.4) is 0 Å². The minimum atomic E-state index is -0.880. The molecular formula is C28H30N2O3S. The molecule has 3 aromatic rings. The normalized spacial score (nSPS) is 14.5. The van der Waals surface area contributed by atoms with E-state index in [1.165, 1.54) is 23.2 Å². The van der Waals surface area contributed by atoms with Gasteiger partial charge in [0.25, 0.3) is 0 Å². The summed E-state index contributed by atoms with van der Waals surface area (Å²) < 4.78 is 0. The van der Waals surface area contributed by atoms with Crippen LogP contribution in [0.1, 0.15) is 65.0 Å². The number of anilines is 1. The summed E-state index contributed by atoms with van der Waals surface area (Å²) in [6, 6.07) is 17.8. The summed E-state index contributed by atoms with van der Waals surface area (Å²) in [6.45, 7) is 3.47. The first-order valence-corrected chi connectivity index (χ1v) is 12.6. The van der Waals surface area contributed by atoms with Crippen LogP contribution in [0.15, 0.2) is 66.0 Å². The van der Waals surface area contributed by atoms with E-state index in [1.54, 1.807) is 24.3 Å². The van der Waals surface area contributed by atoms with Crippen LogP contribution in [0.5, 0.6) is 0 Å². The number of nitrogens with one attached hydrogen (secondary N) is 1. The zero-order valence-electron chi connectivity index (χ0n) is 19.6. The standard InChI is InChI=1S/C28H30N2O3S/c1-19-13-15-21(16-14-19)27(28(33)29-22-8-3-4-9-22)30(26(32)18-23-10-7-17-34-23)25-12-6-5-11-24(25)20(2)31/h5-7,10-17,22,27H,3-4,8-9,18H2,1-2H3,(H,29,33). The molecule has 2 aromatic carbocycles. The number of Topliss-reactive ketones (excluding diaryl/α,β-unsaturated/α-hetero) is 1. The molecule has 1 N–H and O–H groups in total. The van der Waals surface area contributed by atoms with Gasteiger partial charge in [0.15, 0.2) is 5.78 Å². The second-order valence-electron chi connectivity index (χ2n) is 8.90. The Hall–Kier alpha value is -3.25. The van der Waals surface area contributed by atoms with Gasteiger partial charge in [0.05, 0.1) is 12.1 Å². The second kappa shape index (κ2) is 10.8. The maximum absolute atomic E-state index is 13.9. The first-order chi connectivity index (χ1) is 16.4. The van der Waals surface area contributed by atoms with Gasteiger partial charge < -0.3 is 5.32 Å². The molecule has 34 heavy (non-hydrogen) atoms. The molecule has 1 atom stereocenters. The van der Waals surface area contributed by atoms with Gasteiger partial charge in [-0.15, -0.1) is 11.3 Å². The number of hydrogen-bond donors (Lipinski definition) is 1. The van der Waals surface area contributed by atoms with E-state index in [9.17, 15) is 14.4 Å². The van der Waals surface area contributed by atoms with Crippen molar-refractivity contribution in [3.63, 3.8) is 0 Å². The van der Waals surface area contributed by atoms with E-state index < -0.39 is 6.04 Å². The zero-order valence-corrected chi connectivity index (χ0v) is 20.4. The van der Waals surface area contributed by atoms with Crippen molar-refractivity contribution in [1.29, 1.82) is 0 Å². The van der Waals surface area contributed by atoms with Crippen LogP contribution in [0, 0.1) is 6.92 Å². The highest BCUT2D eigenvalue weighted by Crippen LogP contribution is 2.33. The average molecular weight is 475 g/mol. The zero-order chi connectivity index (χ0) is 24.1. The molecule has 176 valence electrons. The van der Waals surface area contributed by atoms with Gasteiger partial charge in [-0.1, -0.05) is 60.9 Å². The van der Waals surface area contributed by atoms with Crippen molar-refractivity contribution < 1.29 is 14.4 Å². The number of nitrogens with zero attached hydrogens (tertiary/aromatic N) is 1. The Balaban J connectivity index is 1.82. The van der Waals surface area contributed by atoms with Crippen LogP contribution >= 0.6 is 11.3 Å². The number of hydrogen-bond acceptors (Lipinski definition) is 4. The third kappa shape index (κ3) is 5.45.